The Morgan fingerprint density at radius 3 is 2.85 bits per heavy atom. The van der Waals surface area contributed by atoms with Crippen LogP contribution in [0.15, 0.2) is 12.1 Å². The second-order valence-corrected chi connectivity index (χ2v) is 7.03. The lowest BCUT2D eigenvalue weighted by molar-refractivity contribution is 0.414. The highest BCUT2D eigenvalue weighted by atomic mass is 35.5. The maximum absolute atomic E-state index is 5.93. The van der Waals surface area contributed by atoms with E-state index in [1.54, 1.807) is 0 Å². The lowest BCUT2D eigenvalue weighted by Crippen LogP contribution is -2.18. The van der Waals surface area contributed by atoms with E-state index >= 15 is 0 Å². The van der Waals surface area contributed by atoms with Gasteiger partial charge in [-0.05, 0) is 49.3 Å². The smallest absolute Gasteiger partial charge is 0.160 e. The van der Waals surface area contributed by atoms with Crippen molar-refractivity contribution in [2.24, 2.45) is 5.92 Å². The first-order valence-electron chi connectivity index (χ1n) is 7.24. The summed E-state index contributed by atoms with van der Waals surface area (Å²) < 4.78 is 2.31. The fraction of sp³-hybridized carbons (Fsp3) is 0.600. The molecule has 1 fully saturated rings. The number of pyridine rings is 1. The van der Waals surface area contributed by atoms with E-state index in [0.29, 0.717) is 5.88 Å². The van der Waals surface area contributed by atoms with Gasteiger partial charge in [0.25, 0.3) is 0 Å². The van der Waals surface area contributed by atoms with Gasteiger partial charge in [0.1, 0.15) is 11.3 Å². The zero-order valence-electron chi connectivity index (χ0n) is 11.8. The maximum Gasteiger partial charge on any atom is 0.160 e. The molecule has 0 aliphatic carbocycles. The van der Waals surface area contributed by atoms with Crippen molar-refractivity contribution in [3.63, 3.8) is 0 Å². The van der Waals surface area contributed by atoms with E-state index in [1.165, 1.54) is 24.3 Å². The topological polar surface area (TPSA) is 30.7 Å². The highest BCUT2D eigenvalue weighted by Gasteiger charge is 2.18. The molecule has 0 N–H and O–H groups in total. The molecule has 0 bridgehead atoms. The number of hydrogen-bond donors (Lipinski definition) is 0. The molecule has 2 aromatic rings. The second kappa shape index (κ2) is 6.35. The van der Waals surface area contributed by atoms with E-state index in [-0.39, 0.29) is 0 Å². The molecule has 0 amide bonds. The van der Waals surface area contributed by atoms with E-state index < -0.39 is 0 Å². The molecule has 5 heteroatoms. The Hall–Kier alpha value is -0.740. The van der Waals surface area contributed by atoms with Gasteiger partial charge >= 0.3 is 0 Å². The molecule has 0 radical (unpaired) electrons. The zero-order valence-corrected chi connectivity index (χ0v) is 13.4. The Morgan fingerprint density at radius 1 is 1.30 bits per heavy atom. The van der Waals surface area contributed by atoms with Crippen LogP contribution in [0.4, 0.5) is 0 Å². The highest BCUT2D eigenvalue weighted by molar-refractivity contribution is 7.99. The first kappa shape index (κ1) is 14.2. The fourth-order valence-corrected chi connectivity index (χ4v) is 4.17. The van der Waals surface area contributed by atoms with Crippen molar-refractivity contribution in [2.75, 3.05) is 17.4 Å². The summed E-state index contributed by atoms with van der Waals surface area (Å²) in [6, 6.07) is 4.10. The number of aromatic nitrogens is 3. The van der Waals surface area contributed by atoms with Crippen LogP contribution in [-0.4, -0.2) is 31.9 Å². The minimum Gasteiger partial charge on any atom is -0.312 e. The third-order valence-corrected chi connectivity index (χ3v) is 5.15. The third-order valence-electron chi connectivity index (χ3n) is 3.91. The summed E-state index contributed by atoms with van der Waals surface area (Å²) in [5, 5.41) is 0. The maximum atomic E-state index is 5.93. The Labute approximate surface area is 129 Å². The van der Waals surface area contributed by atoms with Gasteiger partial charge in [-0.3, -0.25) is 0 Å². The molecule has 3 nitrogen and oxygen atoms in total. The molecular formula is C15H20ClN3S. The molecule has 0 atom stereocenters. The van der Waals surface area contributed by atoms with E-state index in [4.69, 9.17) is 21.6 Å². The van der Waals surface area contributed by atoms with Gasteiger partial charge in [-0.15, -0.1) is 11.6 Å². The van der Waals surface area contributed by atoms with E-state index in [1.807, 2.05) is 13.0 Å². The van der Waals surface area contributed by atoms with Crippen molar-refractivity contribution < 1.29 is 0 Å². The molecule has 0 saturated carbocycles. The van der Waals surface area contributed by atoms with Gasteiger partial charge in [-0.2, -0.15) is 11.8 Å². The Bertz CT molecular complexity index is 590. The second-order valence-electron chi connectivity index (χ2n) is 5.43. The van der Waals surface area contributed by atoms with E-state index in [2.05, 4.69) is 22.4 Å². The largest absolute Gasteiger partial charge is 0.312 e. The number of rotatable bonds is 4. The van der Waals surface area contributed by atoms with Gasteiger partial charge in [0.05, 0.1) is 0 Å². The van der Waals surface area contributed by atoms with Gasteiger partial charge in [0.15, 0.2) is 5.65 Å². The number of hydrogen-bond acceptors (Lipinski definition) is 3. The van der Waals surface area contributed by atoms with Crippen molar-refractivity contribution in [1.29, 1.82) is 0 Å². The van der Waals surface area contributed by atoms with Crippen LogP contribution in [0.25, 0.3) is 11.2 Å². The van der Waals surface area contributed by atoms with Crippen LogP contribution in [0.2, 0.25) is 0 Å². The number of thioether (sulfide) groups is 1. The summed E-state index contributed by atoms with van der Waals surface area (Å²) in [6.45, 7) is 3.08. The van der Waals surface area contributed by atoms with E-state index in [0.717, 1.165) is 41.6 Å². The molecule has 1 aliphatic heterocycles. The van der Waals surface area contributed by atoms with Crippen LogP contribution < -0.4 is 0 Å². The van der Waals surface area contributed by atoms with Gasteiger partial charge in [-0.25, -0.2) is 9.97 Å². The van der Waals surface area contributed by atoms with Crippen molar-refractivity contribution >= 4 is 34.5 Å². The summed E-state index contributed by atoms with van der Waals surface area (Å²) in [5.74, 6) is 5.03. The van der Waals surface area contributed by atoms with Crippen LogP contribution in [0.1, 0.15) is 24.4 Å². The number of nitrogens with zero attached hydrogens (tertiary/aromatic N) is 3. The molecule has 20 heavy (non-hydrogen) atoms. The summed E-state index contributed by atoms with van der Waals surface area (Å²) in [4.78, 5) is 9.42. The minimum atomic E-state index is 0.614. The Morgan fingerprint density at radius 2 is 2.10 bits per heavy atom. The van der Waals surface area contributed by atoms with E-state index in [9.17, 15) is 0 Å². The number of fused-ring (bicyclic) bond motifs is 1. The first-order valence-corrected chi connectivity index (χ1v) is 8.93. The predicted octanol–water partition coefficient (Wildman–Crippen LogP) is 3.66. The SMILES string of the molecule is Cc1ccc2nc(CCCl)n(CC3CCSCC3)c2n1. The van der Waals surface area contributed by atoms with Crippen molar-refractivity contribution in [2.45, 2.75) is 32.7 Å². The average Bonchev–Trinajstić information content (AvgIpc) is 2.78. The zero-order chi connectivity index (χ0) is 13.9. The molecule has 1 aliphatic rings. The van der Waals surface area contributed by atoms with Gasteiger partial charge < -0.3 is 4.57 Å². The van der Waals surface area contributed by atoms with Crippen molar-refractivity contribution in [3.05, 3.63) is 23.7 Å². The van der Waals surface area contributed by atoms with Crippen LogP contribution in [0.3, 0.4) is 0 Å². The lowest BCUT2D eigenvalue weighted by atomic mass is 10.0. The molecule has 0 spiro atoms. The fourth-order valence-electron chi connectivity index (χ4n) is 2.80. The first-order chi connectivity index (χ1) is 9.78. The molecule has 2 aromatic heterocycles. The molecular weight excluding hydrogens is 290 g/mol. The molecule has 3 rings (SSSR count). The molecule has 108 valence electrons. The number of aryl methyl sites for hydroxylation is 2. The minimum absolute atomic E-state index is 0.614. The Kier molecular flexibility index (Phi) is 4.51. The number of imidazole rings is 1. The highest BCUT2D eigenvalue weighted by Crippen LogP contribution is 2.26. The van der Waals surface area contributed by atoms with Crippen LogP contribution >= 0.6 is 23.4 Å². The normalized spacial score (nSPS) is 16.9. The number of halogens is 1. The van der Waals surface area contributed by atoms with Crippen LogP contribution in [-0.2, 0) is 13.0 Å². The van der Waals surface area contributed by atoms with Crippen LogP contribution in [0.5, 0.6) is 0 Å². The molecule has 1 saturated heterocycles. The molecule has 0 aromatic carbocycles. The van der Waals surface area contributed by atoms with Crippen LogP contribution in [0, 0.1) is 12.8 Å². The molecule has 0 unspecified atom stereocenters. The summed E-state index contributed by atoms with van der Waals surface area (Å²) >= 11 is 8.00. The quantitative estimate of drug-likeness (QED) is 0.807. The summed E-state index contributed by atoms with van der Waals surface area (Å²) in [6.07, 6.45) is 3.42. The number of alkyl halides is 1. The summed E-state index contributed by atoms with van der Waals surface area (Å²) in [7, 11) is 0. The van der Waals surface area contributed by atoms with Gasteiger partial charge in [0.2, 0.25) is 0 Å². The average molecular weight is 310 g/mol. The Balaban J connectivity index is 1.96. The van der Waals surface area contributed by atoms with Crippen molar-refractivity contribution in [1.82, 2.24) is 14.5 Å². The van der Waals surface area contributed by atoms with Crippen molar-refractivity contribution in [3.8, 4) is 0 Å². The third kappa shape index (κ3) is 2.96. The summed E-state index contributed by atoms with van der Waals surface area (Å²) in [5.41, 5.74) is 3.08. The lowest BCUT2D eigenvalue weighted by Gasteiger charge is -2.22. The van der Waals surface area contributed by atoms with Gasteiger partial charge in [0, 0.05) is 24.5 Å². The molecule has 3 heterocycles. The standard InChI is InChI=1S/C15H20ClN3S/c1-11-2-3-13-15(17-11)19(14(18-13)4-7-16)10-12-5-8-20-9-6-12/h2-3,12H,4-10H2,1H3. The monoisotopic (exact) mass is 309 g/mol. The predicted molar refractivity (Wildman–Crippen MR) is 86.7 cm³/mol. The van der Waals surface area contributed by atoms with Gasteiger partial charge in [-0.1, -0.05) is 0 Å².